The molecule has 0 aliphatic carbocycles. The second kappa shape index (κ2) is 4.26. The maximum absolute atomic E-state index is 9.44. The van der Waals surface area contributed by atoms with Crippen LogP contribution in [0.5, 0.6) is 5.75 Å². The summed E-state index contributed by atoms with van der Waals surface area (Å²) < 4.78 is 0. The highest BCUT2D eigenvalue weighted by Gasteiger charge is 2.12. The second-order valence-electron chi connectivity index (χ2n) is 4.17. The van der Waals surface area contributed by atoms with Crippen LogP contribution in [0.2, 0.25) is 0 Å². The molecule has 1 N–H and O–H groups in total. The van der Waals surface area contributed by atoms with Crippen molar-refractivity contribution in [3.8, 4) is 16.3 Å². The second-order valence-corrected chi connectivity index (χ2v) is 5.37. The van der Waals surface area contributed by atoms with Crippen molar-refractivity contribution in [3.63, 3.8) is 0 Å². The molecule has 0 saturated carbocycles. The standard InChI is InChI=1S/C13H15NOS/c1-8(2)12-9(3)16-13(14-12)10-5-4-6-11(15)7-10/h4-8,15H,1-3H3. The molecule has 84 valence electrons. The van der Waals surface area contributed by atoms with Crippen LogP contribution in [0.4, 0.5) is 0 Å². The summed E-state index contributed by atoms with van der Waals surface area (Å²) in [5.74, 6) is 0.735. The van der Waals surface area contributed by atoms with E-state index in [4.69, 9.17) is 0 Å². The Bertz CT molecular complexity index is 502. The molecule has 3 heteroatoms. The van der Waals surface area contributed by atoms with Crippen LogP contribution in [-0.4, -0.2) is 10.1 Å². The molecule has 0 aliphatic rings. The van der Waals surface area contributed by atoms with Crippen molar-refractivity contribution >= 4 is 11.3 Å². The monoisotopic (exact) mass is 233 g/mol. The highest BCUT2D eigenvalue weighted by atomic mass is 32.1. The van der Waals surface area contributed by atoms with E-state index in [1.165, 1.54) is 4.88 Å². The summed E-state index contributed by atoms with van der Waals surface area (Å²) in [6.45, 7) is 6.39. The summed E-state index contributed by atoms with van der Waals surface area (Å²) in [6, 6.07) is 7.24. The average molecular weight is 233 g/mol. The molecular formula is C13H15NOS. The zero-order chi connectivity index (χ0) is 11.7. The van der Waals surface area contributed by atoms with Crippen LogP contribution in [0.3, 0.4) is 0 Å². The summed E-state index contributed by atoms with van der Waals surface area (Å²) in [7, 11) is 0. The lowest BCUT2D eigenvalue weighted by Gasteiger charge is -2.00. The zero-order valence-electron chi connectivity index (χ0n) is 9.69. The predicted molar refractivity (Wildman–Crippen MR) is 68.0 cm³/mol. The molecular weight excluding hydrogens is 218 g/mol. The maximum Gasteiger partial charge on any atom is 0.124 e. The summed E-state index contributed by atoms with van der Waals surface area (Å²) in [5.41, 5.74) is 2.14. The molecule has 16 heavy (non-hydrogen) atoms. The summed E-state index contributed by atoms with van der Waals surface area (Å²) in [6.07, 6.45) is 0. The van der Waals surface area contributed by atoms with Gasteiger partial charge in [-0.05, 0) is 25.0 Å². The Morgan fingerprint density at radius 2 is 2.06 bits per heavy atom. The van der Waals surface area contributed by atoms with Gasteiger partial charge in [-0.25, -0.2) is 4.98 Å². The van der Waals surface area contributed by atoms with Gasteiger partial charge in [-0.15, -0.1) is 11.3 Å². The highest BCUT2D eigenvalue weighted by molar-refractivity contribution is 7.15. The third-order valence-electron chi connectivity index (χ3n) is 2.47. The van der Waals surface area contributed by atoms with Crippen molar-refractivity contribution in [1.29, 1.82) is 0 Å². The third-order valence-corrected chi connectivity index (χ3v) is 3.51. The van der Waals surface area contributed by atoms with Crippen LogP contribution >= 0.6 is 11.3 Å². The number of phenolic OH excluding ortho intramolecular Hbond substituents is 1. The Morgan fingerprint density at radius 3 is 2.62 bits per heavy atom. The fourth-order valence-electron chi connectivity index (χ4n) is 1.71. The smallest absolute Gasteiger partial charge is 0.124 e. The molecule has 0 bridgehead atoms. The Kier molecular flexibility index (Phi) is 2.97. The van der Waals surface area contributed by atoms with Gasteiger partial charge in [0.2, 0.25) is 0 Å². The fourth-order valence-corrected chi connectivity index (χ4v) is 2.77. The van der Waals surface area contributed by atoms with Gasteiger partial charge in [-0.3, -0.25) is 0 Å². The number of rotatable bonds is 2. The molecule has 1 aromatic heterocycles. The van der Waals surface area contributed by atoms with E-state index in [-0.39, 0.29) is 5.75 Å². The molecule has 0 unspecified atom stereocenters. The van der Waals surface area contributed by atoms with Crippen LogP contribution in [0, 0.1) is 6.92 Å². The van der Waals surface area contributed by atoms with Crippen molar-refractivity contribution in [1.82, 2.24) is 4.98 Å². The Morgan fingerprint density at radius 1 is 1.31 bits per heavy atom. The minimum absolute atomic E-state index is 0.288. The molecule has 1 heterocycles. The Labute approximate surface area is 99.6 Å². The Hall–Kier alpha value is -1.35. The van der Waals surface area contributed by atoms with Crippen molar-refractivity contribution in [2.75, 3.05) is 0 Å². The van der Waals surface area contributed by atoms with Crippen molar-refractivity contribution in [2.24, 2.45) is 0 Å². The van der Waals surface area contributed by atoms with Gasteiger partial charge in [0.05, 0.1) is 5.69 Å². The van der Waals surface area contributed by atoms with Gasteiger partial charge in [-0.2, -0.15) is 0 Å². The van der Waals surface area contributed by atoms with Gasteiger partial charge < -0.3 is 5.11 Å². The number of phenols is 1. The molecule has 0 amide bonds. The van der Waals surface area contributed by atoms with Gasteiger partial charge in [-0.1, -0.05) is 26.0 Å². The first-order chi connectivity index (χ1) is 7.58. The first kappa shape index (κ1) is 11.1. The van der Waals surface area contributed by atoms with Crippen molar-refractivity contribution < 1.29 is 5.11 Å². The number of aromatic hydroxyl groups is 1. The predicted octanol–water partition coefficient (Wildman–Crippen LogP) is 3.95. The van der Waals surface area contributed by atoms with Crippen LogP contribution in [-0.2, 0) is 0 Å². The molecule has 2 aromatic rings. The lowest BCUT2D eigenvalue weighted by Crippen LogP contribution is -1.89. The Balaban J connectivity index is 2.45. The quantitative estimate of drug-likeness (QED) is 0.852. The van der Waals surface area contributed by atoms with Gasteiger partial charge >= 0.3 is 0 Å². The summed E-state index contributed by atoms with van der Waals surface area (Å²) in [4.78, 5) is 5.89. The SMILES string of the molecule is Cc1sc(-c2cccc(O)c2)nc1C(C)C. The summed E-state index contributed by atoms with van der Waals surface area (Å²) >= 11 is 1.68. The minimum atomic E-state index is 0.288. The third kappa shape index (κ3) is 2.09. The number of aromatic nitrogens is 1. The van der Waals surface area contributed by atoms with Gasteiger partial charge in [0.1, 0.15) is 10.8 Å². The number of benzene rings is 1. The van der Waals surface area contributed by atoms with Crippen LogP contribution < -0.4 is 0 Å². The molecule has 1 aromatic carbocycles. The fraction of sp³-hybridized carbons (Fsp3) is 0.308. The normalized spacial score (nSPS) is 11.0. The maximum atomic E-state index is 9.44. The first-order valence-electron chi connectivity index (χ1n) is 5.34. The molecule has 2 rings (SSSR count). The molecule has 0 atom stereocenters. The molecule has 0 aliphatic heterocycles. The molecule has 2 nitrogen and oxygen atoms in total. The van der Waals surface area contributed by atoms with Gasteiger partial charge in [0.25, 0.3) is 0 Å². The molecule has 0 saturated heterocycles. The average Bonchev–Trinajstić information content (AvgIpc) is 2.60. The number of hydrogen-bond donors (Lipinski definition) is 1. The van der Waals surface area contributed by atoms with Gasteiger partial charge in [0.15, 0.2) is 0 Å². The van der Waals surface area contributed by atoms with Crippen LogP contribution in [0.1, 0.15) is 30.3 Å². The zero-order valence-corrected chi connectivity index (χ0v) is 10.5. The number of aryl methyl sites for hydroxylation is 1. The summed E-state index contributed by atoms with van der Waals surface area (Å²) in [5, 5.41) is 10.4. The lowest BCUT2D eigenvalue weighted by atomic mass is 10.1. The molecule has 0 spiro atoms. The highest BCUT2D eigenvalue weighted by Crippen LogP contribution is 2.32. The first-order valence-corrected chi connectivity index (χ1v) is 6.16. The lowest BCUT2D eigenvalue weighted by molar-refractivity contribution is 0.475. The number of thiazole rings is 1. The van der Waals surface area contributed by atoms with E-state index in [2.05, 4.69) is 25.8 Å². The van der Waals surface area contributed by atoms with E-state index in [0.717, 1.165) is 16.3 Å². The van der Waals surface area contributed by atoms with E-state index in [9.17, 15) is 5.11 Å². The van der Waals surface area contributed by atoms with E-state index >= 15 is 0 Å². The van der Waals surface area contributed by atoms with Gasteiger partial charge in [0, 0.05) is 10.4 Å². The topological polar surface area (TPSA) is 33.1 Å². The van der Waals surface area contributed by atoms with Crippen LogP contribution in [0.25, 0.3) is 10.6 Å². The van der Waals surface area contributed by atoms with Crippen molar-refractivity contribution in [3.05, 3.63) is 34.8 Å². The largest absolute Gasteiger partial charge is 0.508 e. The molecule has 0 fully saturated rings. The number of hydrogen-bond acceptors (Lipinski definition) is 3. The van der Waals surface area contributed by atoms with Crippen molar-refractivity contribution in [2.45, 2.75) is 26.7 Å². The van der Waals surface area contributed by atoms with E-state index in [1.807, 2.05) is 12.1 Å². The van der Waals surface area contributed by atoms with E-state index in [0.29, 0.717) is 5.92 Å². The molecule has 0 radical (unpaired) electrons. The van der Waals surface area contributed by atoms with Crippen LogP contribution in [0.15, 0.2) is 24.3 Å². The number of nitrogens with zero attached hydrogens (tertiary/aromatic N) is 1. The van der Waals surface area contributed by atoms with E-state index in [1.54, 1.807) is 23.5 Å². The minimum Gasteiger partial charge on any atom is -0.508 e. The van der Waals surface area contributed by atoms with E-state index < -0.39 is 0 Å².